The summed E-state index contributed by atoms with van der Waals surface area (Å²) in [4.78, 5) is 2.53. The van der Waals surface area contributed by atoms with E-state index >= 15 is 26.3 Å². The third-order valence-electron chi connectivity index (χ3n) is 18.4. The van der Waals surface area contributed by atoms with Gasteiger partial charge in [0.1, 0.15) is 0 Å². The summed E-state index contributed by atoms with van der Waals surface area (Å²) < 4.78 is 107. The average Bonchev–Trinajstić information content (AvgIpc) is 1.65. The summed E-state index contributed by atoms with van der Waals surface area (Å²) in [5, 5.41) is 7.49. The third-order valence-corrected chi connectivity index (χ3v) is 21.6. The van der Waals surface area contributed by atoms with E-state index in [4.69, 9.17) is 13.3 Å². The second-order valence-corrected chi connectivity index (χ2v) is 25.9. The minimum absolute atomic E-state index is 0.123. The Labute approximate surface area is 507 Å². The van der Waals surface area contributed by atoms with E-state index < -0.39 is 37.5 Å². The molecule has 2 aliphatic carbocycles. The van der Waals surface area contributed by atoms with E-state index in [9.17, 15) is 0 Å². The van der Waals surface area contributed by atoms with Gasteiger partial charge in [0, 0.05) is 52.6 Å². The number of alkyl halides is 6. The van der Waals surface area contributed by atoms with Gasteiger partial charge in [-0.15, -0.1) is 0 Å². The average molecular weight is 1190 g/mol. The van der Waals surface area contributed by atoms with Crippen LogP contribution in [0.2, 0.25) is 0 Å². The lowest BCUT2D eigenvalue weighted by atomic mass is 9.71. The normalized spacial score (nSPS) is 14.5. The zero-order valence-electron chi connectivity index (χ0n) is 50.5. The first-order chi connectivity index (χ1) is 42.1. The van der Waals surface area contributed by atoms with Gasteiger partial charge >= 0.3 is 21.2 Å². The van der Waals surface area contributed by atoms with E-state index in [2.05, 4.69) is 166 Å². The number of allylic oxidation sites excluding steroid dienone is 2. The summed E-state index contributed by atoms with van der Waals surface area (Å²) >= 11 is 0. The molecule has 4 nitrogen and oxygen atoms in total. The second kappa shape index (κ2) is 23.5. The van der Waals surface area contributed by atoms with Crippen LogP contribution in [0, 0.1) is 0 Å². The number of rotatable bonds is 21. The summed E-state index contributed by atoms with van der Waals surface area (Å²) in [7, 11) is -4.72. The molecular formula is C76H73F6NO3Si. The number of fused-ring (bicyclic) bond motifs is 8. The summed E-state index contributed by atoms with van der Waals surface area (Å²) in [5.41, 5.74) is 11.5. The standard InChI is InChI=1S/C76H73F6NO3Si/c1-8-41-73(42-9-2)63-31-19-17-25-54(63)56-37-34-51(47-65(56)73)83(52-35-38-57-55-26-18-20-32-64(55)74(43-10-3,44-11-4)66(57)48-52)69-40-39-61-58-28-21-27-53-50(33-36-60(70(53)58)59-29-22-30-62(69)71(59)61)24-16-15-23-49-45-67(75(77,78)79)72(68(46-49)76(80,81)82)87(84-12-5,85-13-6)86-14-7/h15-40,45-48H,8-14,41-44H2,1-7H3. The summed E-state index contributed by atoms with van der Waals surface area (Å²) in [6.07, 6.45) is 4.28. The summed E-state index contributed by atoms with van der Waals surface area (Å²) in [6.45, 7) is 13.0. The van der Waals surface area contributed by atoms with Crippen LogP contribution in [0.4, 0.5) is 43.4 Å². The Balaban J connectivity index is 1.01. The molecule has 2 aliphatic rings. The van der Waals surface area contributed by atoms with Gasteiger partial charge in [0.15, 0.2) is 0 Å². The molecule has 12 rings (SSSR count). The molecule has 0 unspecified atom stereocenters. The van der Waals surface area contributed by atoms with Crippen LogP contribution in [-0.2, 0) is 36.5 Å². The van der Waals surface area contributed by atoms with Crippen LogP contribution in [0.15, 0.2) is 170 Å². The molecule has 10 aromatic carbocycles. The number of halogens is 6. The zero-order chi connectivity index (χ0) is 61.0. The molecule has 0 atom stereocenters. The SMILES string of the molecule is CCCC1(CCC)c2ccccc2-c2ccc(N(c3ccc4c(c3)C(CCC)(CCC)c3ccccc3-4)c3ccc4c5cccc6c(C=CC=Cc7cc(C(F)(F)F)c([Si](OCC)(OCC)OCC)c(C(F)(F)F)c7)ccc(c7cccc3c74)c65)cc21. The lowest BCUT2D eigenvalue weighted by molar-refractivity contribution is -0.142. The Kier molecular flexibility index (Phi) is 16.2. The van der Waals surface area contributed by atoms with E-state index in [1.54, 1.807) is 6.08 Å². The Morgan fingerprint density at radius 2 is 0.828 bits per heavy atom. The molecule has 0 saturated heterocycles. The maximum atomic E-state index is 15.0. The van der Waals surface area contributed by atoms with Crippen LogP contribution in [0.1, 0.15) is 144 Å². The van der Waals surface area contributed by atoms with Crippen molar-refractivity contribution in [2.45, 2.75) is 123 Å². The fourth-order valence-corrected chi connectivity index (χ4v) is 18.4. The Hall–Kier alpha value is -7.54. The molecule has 11 heteroatoms. The highest BCUT2D eigenvalue weighted by atomic mass is 28.4. The van der Waals surface area contributed by atoms with Crippen molar-refractivity contribution in [3.05, 3.63) is 214 Å². The van der Waals surface area contributed by atoms with Gasteiger partial charge in [0.25, 0.3) is 0 Å². The van der Waals surface area contributed by atoms with Gasteiger partial charge in [-0.3, -0.25) is 0 Å². The molecule has 10 aromatic rings. The molecule has 0 aromatic heterocycles. The zero-order valence-corrected chi connectivity index (χ0v) is 51.5. The molecular weight excluding hydrogens is 1120 g/mol. The second-order valence-electron chi connectivity index (χ2n) is 23.4. The van der Waals surface area contributed by atoms with E-state index in [1.807, 2.05) is 18.2 Å². The quantitative estimate of drug-likeness (QED) is 0.0236. The van der Waals surface area contributed by atoms with Crippen LogP contribution in [0.5, 0.6) is 0 Å². The first-order valence-electron chi connectivity index (χ1n) is 31.1. The van der Waals surface area contributed by atoms with E-state index in [-0.39, 0.29) is 36.2 Å². The van der Waals surface area contributed by atoms with E-state index in [0.29, 0.717) is 12.1 Å². The number of hydrogen-bond donors (Lipinski definition) is 0. The van der Waals surface area contributed by atoms with Gasteiger partial charge < -0.3 is 18.2 Å². The first kappa shape index (κ1) is 59.8. The molecule has 0 saturated carbocycles. The van der Waals surface area contributed by atoms with Crippen molar-refractivity contribution in [3.8, 4) is 22.3 Å². The maximum Gasteiger partial charge on any atom is 0.538 e. The van der Waals surface area contributed by atoms with Gasteiger partial charge in [-0.1, -0.05) is 193 Å². The van der Waals surface area contributed by atoms with Gasteiger partial charge in [-0.25, -0.2) is 0 Å². The van der Waals surface area contributed by atoms with Crippen molar-refractivity contribution in [2.24, 2.45) is 0 Å². The first-order valence-corrected chi connectivity index (χ1v) is 32.8. The molecule has 446 valence electrons. The van der Waals surface area contributed by atoms with Crippen LogP contribution < -0.4 is 10.1 Å². The molecule has 0 radical (unpaired) electrons. The summed E-state index contributed by atoms with van der Waals surface area (Å²) in [5.74, 6) is 0. The Bertz CT molecular complexity index is 4090. The number of nitrogens with zero attached hydrogens (tertiary/aromatic N) is 1. The van der Waals surface area contributed by atoms with Crippen molar-refractivity contribution in [1.82, 2.24) is 0 Å². The molecule has 0 spiro atoms. The highest BCUT2D eigenvalue weighted by molar-refractivity contribution is 6.76. The summed E-state index contributed by atoms with van der Waals surface area (Å²) in [6, 6.07) is 55.6. The lowest BCUT2D eigenvalue weighted by Gasteiger charge is -2.35. The molecule has 0 heterocycles. The monoisotopic (exact) mass is 1190 g/mol. The Morgan fingerprint density at radius 1 is 0.414 bits per heavy atom. The van der Waals surface area contributed by atoms with E-state index in [0.717, 1.165) is 117 Å². The van der Waals surface area contributed by atoms with Crippen LogP contribution in [0.3, 0.4) is 0 Å². The van der Waals surface area contributed by atoms with Crippen molar-refractivity contribution in [1.29, 1.82) is 0 Å². The molecule has 0 N–H and O–H groups in total. The van der Waals surface area contributed by atoms with Crippen molar-refractivity contribution < 1.29 is 39.6 Å². The topological polar surface area (TPSA) is 30.9 Å². The highest BCUT2D eigenvalue weighted by Crippen LogP contribution is 2.58. The molecule has 0 aliphatic heterocycles. The number of benzene rings is 10. The van der Waals surface area contributed by atoms with Crippen molar-refractivity contribution in [2.75, 3.05) is 24.7 Å². The maximum absolute atomic E-state index is 15.0. The fourth-order valence-electron chi connectivity index (χ4n) is 15.5. The lowest BCUT2D eigenvalue weighted by Crippen LogP contribution is -2.61. The number of anilines is 3. The highest BCUT2D eigenvalue weighted by Gasteiger charge is 2.55. The molecule has 0 bridgehead atoms. The predicted octanol–water partition coefficient (Wildman–Crippen LogP) is 22.0. The predicted molar refractivity (Wildman–Crippen MR) is 349 cm³/mol. The van der Waals surface area contributed by atoms with Gasteiger partial charge in [-0.05, 0) is 182 Å². The molecule has 0 fully saturated rings. The van der Waals surface area contributed by atoms with E-state index in [1.165, 1.54) is 77.4 Å². The van der Waals surface area contributed by atoms with Gasteiger partial charge in [0.2, 0.25) is 0 Å². The van der Waals surface area contributed by atoms with Crippen LogP contribution in [0.25, 0.3) is 77.5 Å². The molecule has 87 heavy (non-hydrogen) atoms. The number of hydrogen-bond acceptors (Lipinski definition) is 4. The minimum atomic E-state index is -5.19. The largest absolute Gasteiger partial charge is 0.538 e. The smallest absolute Gasteiger partial charge is 0.370 e. The van der Waals surface area contributed by atoms with Crippen LogP contribution in [-0.4, -0.2) is 28.6 Å². The van der Waals surface area contributed by atoms with Gasteiger partial charge in [-0.2, -0.15) is 26.3 Å². The minimum Gasteiger partial charge on any atom is -0.370 e. The molecule has 0 amide bonds. The van der Waals surface area contributed by atoms with Crippen molar-refractivity contribution in [3.63, 3.8) is 0 Å². The van der Waals surface area contributed by atoms with Gasteiger partial charge in [0.05, 0.1) is 16.8 Å². The fraction of sp³-hybridized carbons (Fsp3) is 0.289. The van der Waals surface area contributed by atoms with Crippen molar-refractivity contribution >= 4 is 86.3 Å². The third kappa shape index (κ3) is 9.88. The van der Waals surface area contributed by atoms with Crippen LogP contribution >= 0.6 is 0 Å². The Morgan fingerprint density at radius 3 is 1.30 bits per heavy atom.